The van der Waals surface area contributed by atoms with Crippen LogP contribution in [0.25, 0.3) is 0 Å². The van der Waals surface area contributed by atoms with Gasteiger partial charge in [0, 0.05) is 36.3 Å². The van der Waals surface area contributed by atoms with Crippen LogP contribution in [0.15, 0.2) is 24.5 Å². The van der Waals surface area contributed by atoms with E-state index >= 15 is 0 Å². The lowest BCUT2D eigenvalue weighted by Crippen LogP contribution is -2.49. The fourth-order valence-electron chi connectivity index (χ4n) is 3.17. The summed E-state index contributed by atoms with van der Waals surface area (Å²) in [7, 11) is 0. The molecule has 2 atom stereocenters. The Labute approximate surface area is 169 Å². The van der Waals surface area contributed by atoms with E-state index in [9.17, 15) is 18.0 Å². The van der Waals surface area contributed by atoms with Gasteiger partial charge in [-0.15, -0.1) is 0 Å². The predicted molar refractivity (Wildman–Crippen MR) is 102 cm³/mol. The number of benzene rings is 1. The molecule has 0 saturated heterocycles. The van der Waals surface area contributed by atoms with Gasteiger partial charge in [0.2, 0.25) is 0 Å². The molecule has 0 spiro atoms. The molecule has 28 heavy (non-hydrogen) atoms. The molecule has 1 fully saturated rings. The molecule has 10 heteroatoms. The Morgan fingerprint density at radius 1 is 1.00 bits per heavy atom. The quantitative estimate of drug-likeness (QED) is 0.570. The van der Waals surface area contributed by atoms with E-state index in [4.69, 9.17) is 23.2 Å². The first-order chi connectivity index (χ1) is 13.3. The molecule has 1 aliphatic rings. The van der Waals surface area contributed by atoms with Crippen molar-refractivity contribution in [1.82, 2.24) is 10.3 Å². The molecule has 2 unspecified atom stereocenters. The van der Waals surface area contributed by atoms with E-state index in [1.165, 1.54) is 12.4 Å². The van der Waals surface area contributed by atoms with Crippen molar-refractivity contribution in [2.45, 2.75) is 37.8 Å². The Morgan fingerprint density at radius 3 is 2.18 bits per heavy atom. The molecule has 0 bridgehead atoms. The van der Waals surface area contributed by atoms with E-state index in [1.54, 1.807) is 0 Å². The summed E-state index contributed by atoms with van der Waals surface area (Å²) >= 11 is 12.3. The molecular weight excluding hydrogens is 416 g/mol. The Morgan fingerprint density at radius 2 is 1.57 bits per heavy atom. The van der Waals surface area contributed by atoms with Crippen molar-refractivity contribution in [3.8, 4) is 0 Å². The third kappa shape index (κ3) is 4.80. The zero-order valence-corrected chi connectivity index (χ0v) is 16.0. The fourth-order valence-corrected chi connectivity index (χ4v) is 3.65. The first kappa shape index (κ1) is 20.5. The summed E-state index contributed by atoms with van der Waals surface area (Å²) in [6.07, 6.45) is 6.24. The summed E-state index contributed by atoms with van der Waals surface area (Å²) in [6, 6.07) is 0.342. The summed E-state index contributed by atoms with van der Waals surface area (Å²) in [6.45, 7) is 0. The number of amides is 2. The van der Waals surface area contributed by atoms with Gasteiger partial charge >= 0.3 is 6.03 Å². The van der Waals surface area contributed by atoms with Crippen LogP contribution in [0.2, 0.25) is 10.0 Å². The van der Waals surface area contributed by atoms with Crippen LogP contribution in [-0.2, 0) is 0 Å². The van der Waals surface area contributed by atoms with E-state index in [0.29, 0.717) is 34.3 Å². The number of hydrogen-bond acceptors (Lipinski definition) is 3. The number of urea groups is 1. The number of anilines is 2. The van der Waals surface area contributed by atoms with Gasteiger partial charge in [0.15, 0.2) is 17.5 Å². The molecule has 0 aliphatic heterocycles. The zero-order valence-electron chi connectivity index (χ0n) is 14.5. The summed E-state index contributed by atoms with van der Waals surface area (Å²) in [5.74, 6) is -4.35. The van der Waals surface area contributed by atoms with E-state index in [-0.39, 0.29) is 17.8 Å². The largest absolute Gasteiger partial charge is 0.378 e. The number of nitrogens with zero attached hydrogens (tertiary/aromatic N) is 1. The number of nitrogens with one attached hydrogen (secondary N) is 3. The second kappa shape index (κ2) is 8.87. The molecule has 5 nitrogen and oxygen atoms in total. The van der Waals surface area contributed by atoms with Crippen molar-refractivity contribution in [1.29, 1.82) is 0 Å². The van der Waals surface area contributed by atoms with Crippen LogP contribution in [0.4, 0.5) is 29.3 Å². The van der Waals surface area contributed by atoms with Gasteiger partial charge < -0.3 is 16.0 Å². The maximum absolute atomic E-state index is 13.3. The normalized spacial score (nSPS) is 19.2. The van der Waals surface area contributed by atoms with E-state index < -0.39 is 23.5 Å². The third-order valence-corrected chi connectivity index (χ3v) is 5.08. The van der Waals surface area contributed by atoms with Crippen LogP contribution in [0.1, 0.15) is 25.7 Å². The molecule has 1 saturated carbocycles. The molecule has 150 valence electrons. The fraction of sp³-hybridized carbons (Fsp3) is 0.333. The van der Waals surface area contributed by atoms with Gasteiger partial charge in [0.25, 0.3) is 0 Å². The summed E-state index contributed by atoms with van der Waals surface area (Å²) in [5.41, 5.74) is 0.342. The average molecular weight is 433 g/mol. The molecule has 1 aromatic heterocycles. The summed E-state index contributed by atoms with van der Waals surface area (Å²) in [5, 5.41) is 9.06. The first-order valence-electron chi connectivity index (χ1n) is 8.62. The van der Waals surface area contributed by atoms with Crippen LogP contribution < -0.4 is 16.0 Å². The minimum atomic E-state index is -1.59. The van der Waals surface area contributed by atoms with Gasteiger partial charge in [0.05, 0.1) is 21.8 Å². The summed E-state index contributed by atoms with van der Waals surface area (Å²) in [4.78, 5) is 16.2. The third-order valence-electron chi connectivity index (χ3n) is 4.51. The smallest absolute Gasteiger partial charge is 0.319 e. The van der Waals surface area contributed by atoms with Crippen LogP contribution in [0.5, 0.6) is 0 Å². The molecular formula is C18H17Cl2F3N4O. The molecule has 1 aliphatic carbocycles. The highest BCUT2D eigenvalue weighted by molar-refractivity contribution is 6.38. The molecule has 1 heterocycles. The average Bonchev–Trinajstić information content (AvgIpc) is 2.64. The van der Waals surface area contributed by atoms with Crippen molar-refractivity contribution in [3.05, 3.63) is 52.0 Å². The summed E-state index contributed by atoms with van der Waals surface area (Å²) < 4.78 is 39.6. The molecule has 2 amide bonds. The number of halogens is 5. The standard InChI is InChI=1S/C18H17Cl2F3N4O/c19-10-7-24-8-11(20)17(10)26-14-3-1-2-4-15(14)27-18(28)25-9-5-12(21)16(23)13(22)6-9/h5-8,14-15H,1-4H2,(H,24,26)(H2,25,27,28). The second-order valence-corrected chi connectivity index (χ2v) is 7.29. The van der Waals surface area contributed by atoms with Crippen LogP contribution in [0, 0.1) is 17.5 Å². The number of aromatic nitrogens is 1. The van der Waals surface area contributed by atoms with Gasteiger partial charge in [-0.3, -0.25) is 4.98 Å². The van der Waals surface area contributed by atoms with Gasteiger partial charge in [-0.25, -0.2) is 18.0 Å². The maximum Gasteiger partial charge on any atom is 0.319 e. The number of carbonyl (C=O) groups is 1. The van der Waals surface area contributed by atoms with Crippen molar-refractivity contribution in [2.24, 2.45) is 0 Å². The highest BCUT2D eigenvalue weighted by Gasteiger charge is 2.28. The molecule has 1 aromatic carbocycles. The molecule has 0 radical (unpaired) electrons. The molecule has 2 aromatic rings. The van der Waals surface area contributed by atoms with Crippen LogP contribution >= 0.6 is 23.2 Å². The minimum Gasteiger partial charge on any atom is -0.378 e. The van der Waals surface area contributed by atoms with Crippen molar-refractivity contribution in [2.75, 3.05) is 10.6 Å². The van der Waals surface area contributed by atoms with Gasteiger partial charge in [-0.05, 0) is 12.8 Å². The monoisotopic (exact) mass is 432 g/mol. The highest BCUT2D eigenvalue weighted by atomic mass is 35.5. The van der Waals surface area contributed by atoms with Gasteiger partial charge in [-0.2, -0.15) is 0 Å². The lowest BCUT2D eigenvalue weighted by Gasteiger charge is -2.33. The van der Waals surface area contributed by atoms with Crippen molar-refractivity contribution < 1.29 is 18.0 Å². The molecule has 3 rings (SSSR count). The minimum absolute atomic E-state index is 0.154. The number of carbonyl (C=O) groups excluding carboxylic acids is 1. The van der Waals surface area contributed by atoms with Crippen molar-refractivity contribution >= 4 is 40.6 Å². The number of rotatable bonds is 4. The van der Waals surface area contributed by atoms with Crippen molar-refractivity contribution in [3.63, 3.8) is 0 Å². The Bertz CT molecular complexity index is 841. The molecule has 3 N–H and O–H groups in total. The Kier molecular flexibility index (Phi) is 6.51. The number of hydrogen-bond donors (Lipinski definition) is 3. The highest BCUT2D eigenvalue weighted by Crippen LogP contribution is 2.32. The SMILES string of the molecule is O=C(Nc1cc(F)c(F)c(F)c1)NC1CCCCC1Nc1c(Cl)cncc1Cl. The van der Waals surface area contributed by atoms with Crippen LogP contribution in [-0.4, -0.2) is 23.1 Å². The Hall–Kier alpha value is -2.19. The van der Waals surface area contributed by atoms with Crippen LogP contribution in [0.3, 0.4) is 0 Å². The number of pyridine rings is 1. The topological polar surface area (TPSA) is 66.1 Å². The van der Waals surface area contributed by atoms with E-state index in [0.717, 1.165) is 19.3 Å². The van der Waals surface area contributed by atoms with E-state index in [2.05, 4.69) is 20.9 Å². The van der Waals surface area contributed by atoms with Gasteiger partial charge in [0.1, 0.15) is 0 Å². The lowest BCUT2D eigenvalue weighted by atomic mass is 9.90. The maximum atomic E-state index is 13.3. The lowest BCUT2D eigenvalue weighted by molar-refractivity contribution is 0.242. The van der Waals surface area contributed by atoms with Gasteiger partial charge in [-0.1, -0.05) is 36.0 Å². The Balaban J connectivity index is 1.68. The first-order valence-corrected chi connectivity index (χ1v) is 9.38. The van der Waals surface area contributed by atoms with E-state index in [1.807, 2.05) is 0 Å². The second-order valence-electron chi connectivity index (χ2n) is 6.47. The zero-order chi connectivity index (χ0) is 20.3. The predicted octanol–water partition coefficient (Wildman–Crippen LogP) is 5.35.